The van der Waals surface area contributed by atoms with Crippen molar-refractivity contribution in [3.63, 3.8) is 0 Å². The number of hydrogen-bond donors (Lipinski definition) is 2. The number of aromatic nitrogens is 2. The summed E-state index contributed by atoms with van der Waals surface area (Å²) in [6.45, 7) is 5.58. The average molecular weight is 395 g/mol. The molecule has 0 radical (unpaired) electrons. The molecule has 1 aliphatic heterocycles. The molecule has 0 bridgehead atoms. The molecule has 0 saturated carbocycles. The van der Waals surface area contributed by atoms with Crippen molar-refractivity contribution in [2.24, 2.45) is 0 Å². The molecule has 0 aliphatic carbocycles. The SMILES string of the molecule is Cc1csc(CC(=O)NNC(=O)CN2CCCN(c3nccs3)CC2)n1. The van der Waals surface area contributed by atoms with Gasteiger partial charge in [0, 0.05) is 48.8 Å². The van der Waals surface area contributed by atoms with E-state index in [1.165, 1.54) is 11.3 Å². The van der Waals surface area contributed by atoms with Crippen LogP contribution in [0.3, 0.4) is 0 Å². The van der Waals surface area contributed by atoms with Crippen LogP contribution >= 0.6 is 22.7 Å². The van der Waals surface area contributed by atoms with Crippen molar-refractivity contribution in [1.29, 1.82) is 0 Å². The summed E-state index contributed by atoms with van der Waals surface area (Å²) in [6.07, 6.45) is 2.96. The van der Waals surface area contributed by atoms with E-state index < -0.39 is 0 Å². The Bertz CT molecular complexity index is 733. The van der Waals surface area contributed by atoms with Gasteiger partial charge in [0.2, 0.25) is 5.91 Å². The molecule has 2 N–H and O–H groups in total. The summed E-state index contributed by atoms with van der Waals surface area (Å²) < 4.78 is 0. The van der Waals surface area contributed by atoms with Crippen LogP contribution in [0, 0.1) is 6.92 Å². The Morgan fingerprint density at radius 3 is 2.73 bits per heavy atom. The second-order valence-electron chi connectivity index (χ2n) is 6.09. The van der Waals surface area contributed by atoms with Crippen LogP contribution in [0.4, 0.5) is 5.13 Å². The van der Waals surface area contributed by atoms with Crippen molar-refractivity contribution < 1.29 is 9.59 Å². The Hall–Kier alpha value is -2.04. The predicted octanol–water partition coefficient (Wildman–Crippen LogP) is 0.810. The van der Waals surface area contributed by atoms with Gasteiger partial charge in [-0.05, 0) is 13.3 Å². The van der Waals surface area contributed by atoms with Crippen LogP contribution in [0.25, 0.3) is 0 Å². The largest absolute Gasteiger partial charge is 0.347 e. The monoisotopic (exact) mass is 394 g/mol. The van der Waals surface area contributed by atoms with Gasteiger partial charge in [0.15, 0.2) is 5.13 Å². The van der Waals surface area contributed by atoms with E-state index in [1.54, 1.807) is 11.3 Å². The Labute approximate surface area is 160 Å². The minimum absolute atomic E-state index is 0.172. The fourth-order valence-corrected chi connectivity index (χ4v) is 4.21. The Morgan fingerprint density at radius 1 is 1.15 bits per heavy atom. The molecule has 10 heteroatoms. The van der Waals surface area contributed by atoms with E-state index in [2.05, 4.69) is 30.6 Å². The molecule has 1 fully saturated rings. The lowest BCUT2D eigenvalue weighted by molar-refractivity contribution is -0.129. The van der Waals surface area contributed by atoms with Crippen molar-refractivity contribution in [3.8, 4) is 0 Å². The van der Waals surface area contributed by atoms with Gasteiger partial charge in [-0.3, -0.25) is 25.3 Å². The highest BCUT2D eigenvalue weighted by Gasteiger charge is 2.18. The highest BCUT2D eigenvalue weighted by Crippen LogP contribution is 2.18. The maximum atomic E-state index is 12.1. The van der Waals surface area contributed by atoms with Crippen molar-refractivity contribution in [1.82, 2.24) is 25.7 Å². The average Bonchev–Trinajstić information content (AvgIpc) is 3.22. The summed E-state index contributed by atoms with van der Waals surface area (Å²) >= 11 is 3.07. The molecule has 8 nitrogen and oxygen atoms in total. The van der Waals surface area contributed by atoms with E-state index in [1.807, 2.05) is 23.9 Å². The molecular formula is C16H22N6O2S2. The third-order valence-corrected chi connectivity index (χ3v) is 5.76. The number of aryl methyl sites for hydroxylation is 1. The van der Waals surface area contributed by atoms with Crippen LogP contribution < -0.4 is 15.8 Å². The fraction of sp³-hybridized carbons (Fsp3) is 0.500. The van der Waals surface area contributed by atoms with E-state index >= 15 is 0 Å². The number of rotatable bonds is 5. The van der Waals surface area contributed by atoms with E-state index in [0.717, 1.165) is 48.4 Å². The third kappa shape index (κ3) is 5.48. The minimum Gasteiger partial charge on any atom is -0.347 e. The summed E-state index contributed by atoms with van der Waals surface area (Å²) in [5, 5.41) is 5.64. The predicted molar refractivity (Wildman–Crippen MR) is 102 cm³/mol. The molecule has 26 heavy (non-hydrogen) atoms. The Morgan fingerprint density at radius 2 is 2.00 bits per heavy atom. The summed E-state index contributed by atoms with van der Waals surface area (Å²) in [5.74, 6) is -0.477. The lowest BCUT2D eigenvalue weighted by atomic mass is 10.4. The summed E-state index contributed by atoms with van der Waals surface area (Å²) in [5.41, 5.74) is 5.85. The molecule has 3 rings (SSSR count). The zero-order chi connectivity index (χ0) is 18.4. The molecule has 140 valence electrons. The lowest BCUT2D eigenvalue weighted by Crippen LogP contribution is -2.47. The van der Waals surface area contributed by atoms with Crippen LogP contribution in [0.1, 0.15) is 17.1 Å². The number of hydrazine groups is 1. The number of nitrogens with one attached hydrogen (secondary N) is 2. The normalized spacial score (nSPS) is 15.5. The number of anilines is 1. The zero-order valence-corrected chi connectivity index (χ0v) is 16.2. The topological polar surface area (TPSA) is 90.5 Å². The number of carbonyl (C=O) groups is 2. The molecule has 0 spiro atoms. The van der Waals surface area contributed by atoms with E-state index in [9.17, 15) is 9.59 Å². The Kier molecular flexibility index (Phi) is 6.53. The first-order valence-corrected chi connectivity index (χ1v) is 10.2. The standard InChI is InChI=1S/C16H22N6O2S2/c1-12-11-26-15(18-12)9-13(23)19-20-14(24)10-21-4-2-5-22(7-6-21)16-17-3-8-25-16/h3,8,11H,2,4-7,9-10H2,1H3,(H,19,23)(H,20,24). The van der Waals surface area contributed by atoms with Gasteiger partial charge in [-0.25, -0.2) is 9.97 Å². The second kappa shape index (κ2) is 9.06. The number of carbonyl (C=O) groups excluding carboxylic acids is 2. The molecule has 3 heterocycles. The molecule has 2 amide bonds. The number of amides is 2. The lowest BCUT2D eigenvalue weighted by Gasteiger charge is -2.21. The van der Waals surface area contributed by atoms with Gasteiger partial charge in [-0.2, -0.15) is 0 Å². The molecule has 0 atom stereocenters. The molecule has 2 aromatic rings. The van der Waals surface area contributed by atoms with Gasteiger partial charge in [-0.15, -0.1) is 22.7 Å². The highest BCUT2D eigenvalue weighted by molar-refractivity contribution is 7.13. The first-order chi connectivity index (χ1) is 12.6. The quantitative estimate of drug-likeness (QED) is 0.730. The maximum Gasteiger partial charge on any atom is 0.252 e. The van der Waals surface area contributed by atoms with Gasteiger partial charge in [0.1, 0.15) is 5.01 Å². The van der Waals surface area contributed by atoms with Crippen LogP contribution in [-0.2, 0) is 16.0 Å². The van der Waals surface area contributed by atoms with E-state index in [4.69, 9.17) is 0 Å². The molecule has 1 aliphatic rings. The van der Waals surface area contributed by atoms with Crippen molar-refractivity contribution in [2.75, 3.05) is 37.6 Å². The smallest absolute Gasteiger partial charge is 0.252 e. The highest BCUT2D eigenvalue weighted by atomic mass is 32.1. The first kappa shape index (κ1) is 18.7. The minimum atomic E-state index is -0.265. The van der Waals surface area contributed by atoms with Gasteiger partial charge >= 0.3 is 0 Å². The Balaban J connectivity index is 1.38. The molecule has 1 saturated heterocycles. The fourth-order valence-electron chi connectivity index (χ4n) is 2.74. The van der Waals surface area contributed by atoms with Gasteiger partial charge < -0.3 is 4.90 Å². The van der Waals surface area contributed by atoms with Gasteiger partial charge in [0.05, 0.1) is 13.0 Å². The van der Waals surface area contributed by atoms with Gasteiger partial charge in [-0.1, -0.05) is 0 Å². The summed E-state index contributed by atoms with van der Waals surface area (Å²) in [4.78, 5) is 36.9. The number of nitrogens with zero attached hydrogens (tertiary/aromatic N) is 4. The third-order valence-electron chi connectivity index (χ3n) is 3.97. The van der Waals surface area contributed by atoms with Gasteiger partial charge in [0.25, 0.3) is 5.91 Å². The van der Waals surface area contributed by atoms with Crippen LogP contribution in [0.5, 0.6) is 0 Å². The molecule has 2 aromatic heterocycles. The van der Waals surface area contributed by atoms with E-state index in [0.29, 0.717) is 0 Å². The first-order valence-electron chi connectivity index (χ1n) is 8.45. The van der Waals surface area contributed by atoms with Crippen molar-refractivity contribution in [2.45, 2.75) is 19.8 Å². The second-order valence-corrected chi connectivity index (χ2v) is 7.90. The molecule has 0 aromatic carbocycles. The van der Waals surface area contributed by atoms with Crippen LogP contribution in [0.15, 0.2) is 17.0 Å². The molecular weight excluding hydrogens is 372 g/mol. The van der Waals surface area contributed by atoms with Crippen molar-refractivity contribution in [3.05, 3.63) is 27.7 Å². The maximum absolute atomic E-state index is 12.1. The van der Waals surface area contributed by atoms with Crippen LogP contribution in [-0.4, -0.2) is 59.4 Å². The summed E-state index contributed by atoms with van der Waals surface area (Å²) in [6, 6.07) is 0. The number of hydrogen-bond acceptors (Lipinski definition) is 8. The number of thiazole rings is 2. The van der Waals surface area contributed by atoms with E-state index in [-0.39, 0.29) is 24.8 Å². The van der Waals surface area contributed by atoms with Crippen LogP contribution in [0.2, 0.25) is 0 Å². The molecule has 0 unspecified atom stereocenters. The van der Waals surface area contributed by atoms with Crippen molar-refractivity contribution >= 4 is 39.6 Å². The zero-order valence-electron chi connectivity index (χ0n) is 14.6. The summed E-state index contributed by atoms with van der Waals surface area (Å²) in [7, 11) is 0.